The first-order chi connectivity index (χ1) is 9.47. The van der Waals surface area contributed by atoms with Crippen molar-refractivity contribution in [3.8, 4) is 0 Å². The number of hydrogen-bond acceptors (Lipinski definition) is 4. The van der Waals surface area contributed by atoms with Crippen LogP contribution in [0.3, 0.4) is 0 Å². The Labute approximate surface area is 125 Å². The molecular formula is C14H25N3O2S. The third kappa shape index (κ3) is 5.17. The van der Waals surface area contributed by atoms with E-state index in [1.54, 1.807) is 23.5 Å². The van der Waals surface area contributed by atoms with Crippen LogP contribution >= 0.6 is 11.8 Å². The number of aryl methyl sites for hydroxylation is 1. The molecule has 6 heteroatoms. The highest BCUT2D eigenvalue weighted by Crippen LogP contribution is 2.09. The quantitative estimate of drug-likeness (QED) is 0.763. The summed E-state index contributed by atoms with van der Waals surface area (Å²) >= 11 is 1.70. The molecule has 1 rings (SSSR count). The summed E-state index contributed by atoms with van der Waals surface area (Å²) in [4.78, 5) is 12.2. The molecule has 0 aromatic carbocycles. The zero-order chi connectivity index (χ0) is 15.1. The molecule has 20 heavy (non-hydrogen) atoms. The van der Waals surface area contributed by atoms with E-state index in [0.29, 0.717) is 11.6 Å². The Hall–Kier alpha value is -1.01. The highest BCUT2D eigenvalue weighted by atomic mass is 32.2. The summed E-state index contributed by atoms with van der Waals surface area (Å²) < 4.78 is 1.61. The highest BCUT2D eigenvalue weighted by Gasteiger charge is 2.17. The van der Waals surface area contributed by atoms with Crippen LogP contribution in [-0.4, -0.2) is 45.5 Å². The molecule has 0 aliphatic heterocycles. The van der Waals surface area contributed by atoms with Gasteiger partial charge in [0.15, 0.2) is 0 Å². The second kappa shape index (κ2) is 8.32. The predicted octanol–water partition coefficient (Wildman–Crippen LogP) is 1.46. The number of hydrogen-bond donors (Lipinski definition) is 2. The Kier molecular flexibility index (Phi) is 7.09. The third-order valence-electron chi connectivity index (χ3n) is 3.01. The van der Waals surface area contributed by atoms with E-state index in [-0.39, 0.29) is 18.6 Å². The van der Waals surface area contributed by atoms with Crippen LogP contribution in [0.5, 0.6) is 0 Å². The van der Waals surface area contributed by atoms with Gasteiger partial charge in [-0.05, 0) is 36.8 Å². The first kappa shape index (κ1) is 17.0. The van der Waals surface area contributed by atoms with Gasteiger partial charge in [0.05, 0.1) is 18.3 Å². The van der Waals surface area contributed by atoms with Gasteiger partial charge in [-0.1, -0.05) is 13.8 Å². The topological polar surface area (TPSA) is 67.2 Å². The van der Waals surface area contributed by atoms with Gasteiger partial charge in [-0.2, -0.15) is 16.9 Å². The molecule has 0 bridgehead atoms. The summed E-state index contributed by atoms with van der Waals surface area (Å²) in [5.41, 5.74) is 1.47. The van der Waals surface area contributed by atoms with Crippen LogP contribution in [0.1, 0.15) is 36.5 Å². The summed E-state index contributed by atoms with van der Waals surface area (Å²) in [7, 11) is 1.77. The van der Waals surface area contributed by atoms with Crippen LogP contribution in [0.4, 0.5) is 0 Å². The van der Waals surface area contributed by atoms with E-state index in [1.165, 1.54) is 0 Å². The van der Waals surface area contributed by atoms with Crippen molar-refractivity contribution in [1.82, 2.24) is 15.1 Å². The molecule has 0 spiro atoms. The molecule has 0 radical (unpaired) electrons. The van der Waals surface area contributed by atoms with Gasteiger partial charge in [-0.25, -0.2) is 0 Å². The SMILES string of the molecule is CSCC[C@@H](CO)NC(=O)c1cc(CC(C)C)nn1C. The van der Waals surface area contributed by atoms with Gasteiger partial charge >= 0.3 is 0 Å². The summed E-state index contributed by atoms with van der Waals surface area (Å²) in [6.07, 6.45) is 3.63. The smallest absolute Gasteiger partial charge is 0.269 e. The van der Waals surface area contributed by atoms with Crippen LogP contribution in [0, 0.1) is 5.92 Å². The molecule has 1 aromatic heterocycles. The molecule has 1 amide bonds. The third-order valence-corrected chi connectivity index (χ3v) is 3.65. The summed E-state index contributed by atoms with van der Waals surface area (Å²) in [5.74, 6) is 1.25. The fourth-order valence-corrected chi connectivity index (χ4v) is 2.51. The number of carbonyl (C=O) groups is 1. The first-order valence-electron chi connectivity index (χ1n) is 6.91. The fraction of sp³-hybridized carbons (Fsp3) is 0.714. The van der Waals surface area contributed by atoms with Crippen molar-refractivity contribution in [1.29, 1.82) is 0 Å². The van der Waals surface area contributed by atoms with E-state index in [0.717, 1.165) is 24.3 Å². The number of nitrogens with one attached hydrogen (secondary N) is 1. The van der Waals surface area contributed by atoms with E-state index in [1.807, 2.05) is 12.3 Å². The molecule has 0 unspecified atom stereocenters. The Morgan fingerprint density at radius 2 is 2.25 bits per heavy atom. The van der Waals surface area contributed by atoms with Gasteiger partial charge in [0.25, 0.3) is 5.91 Å². The Morgan fingerprint density at radius 1 is 1.55 bits per heavy atom. The maximum Gasteiger partial charge on any atom is 0.269 e. The van der Waals surface area contributed by atoms with E-state index in [9.17, 15) is 9.90 Å². The van der Waals surface area contributed by atoms with Crippen molar-refractivity contribution >= 4 is 17.7 Å². The van der Waals surface area contributed by atoms with Crippen LogP contribution in [0.2, 0.25) is 0 Å². The second-order valence-corrected chi connectivity index (χ2v) is 6.36. The predicted molar refractivity (Wildman–Crippen MR) is 83.1 cm³/mol. The molecule has 0 aliphatic rings. The van der Waals surface area contributed by atoms with Crippen LogP contribution in [-0.2, 0) is 13.5 Å². The summed E-state index contributed by atoms with van der Waals surface area (Å²) in [6, 6.07) is 1.64. The van der Waals surface area contributed by atoms with Crippen molar-refractivity contribution in [2.24, 2.45) is 13.0 Å². The van der Waals surface area contributed by atoms with E-state index >= 15 is 0 Å². The summed E-state index contributed by atoms with van der Waals surface area (Å²) in [5, 5.41) is 16.5. The van der Waals surface area contributed by atoms with Crippen LogP contribution < -0.4 is 5.32 Å². The molecule has 0 saturated carbocycles. The van der Waals surface area contributed by atoms with Crippen LogP contribution in [0.25, 0.3) is 0 Å². The average Bonchev–Trinajstić information content (AvgIpc) is 2.74. The zero-order valence-corrected chi connectivity index (χ0v) is 13.5. The van der Waals surface area contributed by atoms with Crippen molar-refractivity contribution in [2.75, 3.05) is 18.6 Å². The van der Waals surface area contributed by atoms with Gasteiger partial charge in [0.2, 0.25) is 0 Å². The second-order valence-electron chi connectivity index (χ2n) is 5.38. The lowest BCUT2D eigenvalue weighted by Crippen LogP contribution is -2.38. The highest BCUT2D eigenvalue weighted by molar-refractivity contribution is 7.98. The Bertz CT molecular complexity index is 432. The van der Waals surface area contributed by atoms with Crippen molar-refractivity contribution in [3.05, 3.63) is 17.5 Å². The zero-order valence-electron chi connectivity index (χ0n) is 12.7. The monoisotopic (exact) mass is 299 g/mol. The maximum absolute atomic E-state index is 12.2. The van der Waals surface area contributed by atoms with Crippen LogP contribution in [0.15, 0.2) is 6.07 Å². The van der Waals surface area contributed by atoms with Gasteiger partial charge in [0.1, 0.15) is 5.69 Å². The van der Waals surface area contributed by atoms with Crippen molar-refractivity contribution < 1.29 is 9.90 Å². The first-order valence-corrected chi connectivity index (χ1v) is 8.30. The molecule has 1 heterocycles. The Morgan fingerprint density at radius 3 is 2.80 bits per heavy atom. The standard InChI is InChI=1S/C14H25N3O2S/c1-10(2)7-12-8-13(17(3)16-12)14(19)15-11(9-18)5-6-20-4/h8,10-11,18H,5-7,9H2,1-4H3,(H,15,19)/t11-/m0/s1. The summed E-state index contributed by atoms with van der Waals surface area (Å²) in [6.45, 7) is 4.21. The van der Waals surface area contributed by atoms with E-state index in [2.05, 4.69) is 24.3 Å². The number of thioether (sulfide) groups is 1. The lowest BCUT2D eigenvalue weighted by atomic mass is 10.1. The number of rotatable bonds is 8. The van der Waals surface area contributed by atoms with Crippen molar-refractivity contribution in [3.63, 3.8) is 0 Å². The molecule has 114 valence electrons. The molecule has 1 aromatic rings. The number of aliphatic hydroxyl groups is 1. The fourth-order valence-electron chi connectivity index (χ4n) is 1.99. The minimum Gasteiger partial charge on any atom is -0.394 e. The van der Waals surface area contributed by atoms with Gasteiger partial charge < -0.3 is 10.4 Å². The number of aromatic nitrogens is 2. The molecule has 5 nitrogen and oxygen atoms in total. The minimum atomic E-state index is -0.196. The molecule has 0 aliphatic carbocycles. The largest absolute Gasteiger partial charge is 0.394 e. The number of aliphatic hydroxyl groups excluding tert-OH is 1. The number of amides is 1. The number of nitrogens with zero attached hydrogens (tertiary/aromatic N) is 2. The van der Waals surface area contributed by atoms with Gasteiger partial charge in [0, 0.05) is 7.05 Å². The van der Waals surface area contributed by atoms with Gasteiger partial charge in [-0.15, -0.1) is 0 Å². The normalized spacial score (nSPS) is 12.7. The average molecular weight is 299 g/mol. The molecule has 0 fully saturated rings. The van der Waals surface area contributed by atoms with E-state index in [4.69, 9.17) is 0 Å². The lowest BCUT2D eigenvalue weighted by Gasteiger charge is -2.15. The Balaban J connectivity index is 2.68. The van der Waals surface area contributed by atoms with E-state index < -0.39 is 0 Å². The molecular weight excluding hydrogens is 274 g/mol. The minimum absolute atomic E-state index is 0.0387. The van der Waals surface area contributed by atoms with Crippen molar-refractivity contribution in [2.45, 2.75) is 32.7 Å². The molecule has 2 N–H and O–H groups in total. The molecule has 1 atom stereocenters. The molecule has 0 saturated heterocycles. The number of carbonyl (C=O) groups excluding carboxylic acids is 1. The van der Waals surface area contributed by atoms with Gasteiger partial charge in [-0.3, -0.25) is 9.48 Å². The lowest BCUT2D eigenvalue weighted by molar-refractivity contribution is 0.0906. The maximum atomic E-state index is 12.2.